The van der Waals surface area contributed by atoms with E-state index < -0.39 is 0 Å². The van der Waals surface area contributed by atoms with E-state index in [0.717, 1.165) is 38.4 Å². The SMILES string of the molecule is Cn1ccc(-c2ccc(CCCN3CCOCC3)cc2)n1. The summed E-state index contributed by atoms with van der Waals surface area (Å²) < 4.78 is 7.21. The molecule has 1 aliphatic rings. The average molecular weight is 285 g/mol. The molecule has 4 heteroatoms. The standard InChI is InChI=1S/C17H23N3O/c1-19-10-8-17(18-19)16-6-4-15(5-7-16)3-2-9-20-11-13-21-14-12-20/h4-8,10H,2-3,9,11-14H2,1H3. The predicted molar refractivity (Wildman–Crippen MR) is 84.2 cm³/mol. The van der Waals surface area contributed by atoms with E-state index in [1.807, 2.05) is 24.0 Å². The van der Waals surface area contributed by atoms with Gasteiger partial charge in [-0.15, -0.1) is 0 Å². The molecule has 0 spiro atoms. The second-order valence-corrected chi connectivity index (χ2v) is 5.63. The van der Waals surface area contributed by atoms with Crippen LogP contribution in [-0.2, 0) is 18.2 Å². The Morgan fingerprint density at radius 3 is 2.52 bits per heavy atom. The number of benzene rings is 1. The molecule has 0 aliphatic carbocycles. The minimum Gasteiger partial charge on any atom is -0.379 e. The van der Waals surface area contributed by atoms with Crippen LogP contribution in [0.5, 0.6) is 0 Å². The summed E-state index contributed by atoms with van der Waals surface area (Å²) in [5.74, 6) is 0. The second kappa shape index (κ2) is 6.87. The van der Waals surface area contributed by atoms with Crippen LogP contribution in [0, 0.1) is 0 Å². The zero-order valence-corrected chi connectivity index (χ0v) is 12.7. The van der Waals surface area contributed by atoms with Gasteiger partial charge in [-0.3, -0.25) is 9.58 Å². The summed E-state index contributed by atoms with van der Waals surface area (Å²) >= 11 is 0. The Labute approximate surface area is 126 Å². The van der Waals surface area contributed by atoms with Crippen molar-refractivity contribution in [1.82, 2.24) is 14.7 Å². The van der Waals surface area contributed by atoms with Gasteiger partial charge in [0, 0.05) is 31.9 Å². The quantitative estimate of drug-likeness (QED) is 0.845. The van der Waals surface area contributed by atoms with Gasteiger partial charge in [0.25, 0.3) is 0 Å². The van der Waals surface area contributed by atoms with Gasteiger partial charge >= 0.3 is 0 Å². The summed E-state index contributed by atoms with van der Waals surface area (Å²) in [7, 11) is 1.95. The molecule has 2 aromatic rings. The maximum absolute atomic E-state index is 5.37. The van der Waals surface area contributed by atoms with Crippen LogP contribution in [0.1, 0.15) is 12.0 Å². The molecule has 2 heterocycles. The lowest BCUT2D eigenvalue weighted by atomic mass is 10.1. The topological polar surface area (TPSA) is 30.3 Å². The van der Waals surface area contributed by atoms with E-state index in [0.29, 0.717) is 0 Å². The van der Waals surface area contributed by atoms with Gasteiger partial charge in [-0.1, -0.05) is 24.3 Å². The molecule has 0 N–H and O–H groups in total. The third kappa shape index (κ3) is 3.93. The van der Waals surface area contributed by atoms with Crippen molar-refractivity contribution in [2.75, 3.05) is 32.8 Å². The summed E-state index contributed by atoms with van der Waals surface area (Å²) in [6.07, 6.45) is 4.33. The van der Waals surface area contributed by atoms with Crippen molar-refractivity contribution in [3.8, 4) is 11.3 Å². The number of hydrogen-bond donors (Lipinski definition) is 0. The van der Waals surface area contributed by atoms with Crippen LogP contribution in [0.25, 0.3) is 11.3 Å². The molecule has 1 saturated heterocycles. The average Bonchev–Trinajstić information content (AvgIpc) is 2.96. The molecule has 0 atom stereocenters. The molecule has 1 aromatic heterocycles. The Balaban J connectivity index is 1.50. The Morgan fingerprint density at radius 2 is 1.86 bits per heavy atom. The molecule has 0 radical (unpaired) electrons. The Hall–Kier alpha value is -1.65. The number of morpholine rings is 1. The van der Waals surface area contributed by atoms with E-state index >= 15 is 0 Å². The first-order valence-electron chi connectivity index (χ1n) is 7.70. The van der Waals surface area contributed by atoms with Crippen molar-refractivity contribution in [3.05, 3.63) is 42.1 Å². The van der Waals surface area contributed by atoms with Crippen molar-refractivity contribution in [2.45, 2.75) is 12.8 Å². The van der Waals surface area contributed by atoms with E-state index in [1.54, 1.807) is 0 Å². The lowest BCUT2D eigenvalue weighted by Crippen LogP contribution is -2.36. The highest BCUT2D eigenvalue weighted by molar-refractivity contribution is 5.58. The third-order valence-corrected chi connectivity index (χ3v) is 4.01. The molecule has 1 fully saturated rings. The van der Waals surface area contributed by atoms with Gasteiger partial charge in [0.05, 0.1) is 18.9 Å². The van der Waals surface area contributed by atoms with Gasteiger partial charge < -0.3 is 4.74 Å². The molecule has 0 amide bonds. The maximum Gasteiger partial charge on any atom is 0.0923 e. The fraction of sp³-hybridized carbons (Fsp3) is 0.471. The molecule has 0 bridgehead atoms. The highest BCUT2D eigenvalue weighted by Gasteiger charge is 2.09. The van der Waals surface area contributed by atoms with Crippen molar-refractivity contribution in [2.24, 2.45) is 7.05 Å². The van der Waals surface area contributed by atoms with E-state index in [9.17, 15) is 0 Å². The van der Waals surface area contributed by atoms with E-state index in [1.165, 1.54) is 24.1 Å². The lowest BCUT2D eigenvalue weighted by Gasteiger charge is -2.26. The molecule has 3 rings (SSSR count). The number of rotatable bonds is 5. The molecule has 1 aromatic carbocycles. The fourth-order valence-electron chi connectivity index (χ4n) is 2.74. The summed E-state index contributed by atoms with van der Waals surface area (Å²) in [4.78, 5) is 2.49. The Kier molecular flexibility index (Phi) is 4.68. The zero-order chi connectivity index (χ0) is 14.5. The number of aromatic nitrogens is 2. The minimum atomic E-state index is 0.888. The first kappa shape index (κ1) is 14.3. The molecule has 4 nitrogen and oxygen atoms in total. The first-order chi connectivity index (χ1) is 10.3. The molecular formula is C17H23N3O. The van der Waals surface area contributed by atoms with Crippen LogP contribution >= 0.6 is 0 Å². The lowest BCUT2D eigenvalue weighted by molar-refractivity contribution is 0.0375. The van der Waals surface area contributed by atoms with E-state index in [4.69, 9.17) is 4.74 Å². The molecule has 21 heavy (non-hydrogen) atoms. The van der Waals surface area contributed by atoms with Crippen LogP contribution in [0.2, 0.25) is 0 Å². The number of ether oxygens (including phenoxy) is 1. The highest BCUT2D eigenvalue weighted by atomic mass is 16.5. The fourth-order valence-corrected chi connectivity index (χ4v) is 2.74. The number of aryl methyl sites for hydroxylation is 2. The molecule has 0 unspecified atom stereocenters. The smallest absolute Gasteiger partial charge is 0.0923 e. The Morgan fingerprint density at radius 1 is 1.10 bits per heavy atom. The molecular weight excluding hydrogens is 262 g/mol. The summed E-state index contributed by atoms with van der Waals surface area (Å²) in [6.45, 7) is 5.11. The Bertz CT molecular complexity index is 556. The van der Waals surface area contributed by atoms with Crippen LogP contribution in [0.4, 0.5) is 0 Å². The van der Waals surface area contributed by atoms with Gasteiger partial charge in [-0.2, -0.15) is 5.10 Å². The maximum atomic E-state index is 5.37. The minimum absolute atomic E-state index is 0.888. The second-order valence-electron chi connectivity index (χ2n) is 5.63. The van der Waals surface area contributed by atoms with Crippen molar-refractivity contribution >= 4 is 0 Å². The van der Waals surface area contributed by atoms with Crippen LogP contribution in [-0.4, -0.2) is 47.5 Å². The largest absolute Gasteiger partial charge is 0.379 e. The molecule has 112 valence electrons. The van der Waals surface area contributed by atoms with E-state index in [2.05, 4.69) is 34.3 Å². The van der Waals surface area contributed by atoms with Gasteiger partial charge in [0.1, 0.15) is 0 Å². The van der Waals surface area contributed by atoms with Crippen molar-refractivity contribution < 1.29 is 4.74 Å². The highest BCUT2D eigenvalue weighted by Crippen LogP contribution is 2.18. The summed E-state index contributed by atoms with van der Waals surface area (Å²) in [5.41, 5.74) is 3.63. The third-order valence-electron chi connectivity index (χ3n) is 4.01. The summed E-state index contributed by atoms with van der Waals surface area (Å²) in [6, 6.07) is 10.8. The molecule has 0 saturated carbocycles. The predicted octanol–water partition coefficient (Wildman–Crippen LogP) is 2.35. The van der Waals surface area contributed by atoms with Crippen LogP contribution in [0.3, 0.4) is 0 Å². The zero-order valence-electron chi connectivity index (χ0n) is 12.7. The van der Waals surface area contributed by atoms with Gasteiger partial charge in [-0.25, -0.2) is 0 Å². The van der Waals surface area contributed by atoms with Gasteiger partial charge in [0.15, 0.2) is 0 Å². The first-order valence-corrected chi connectivity index (χ1v) is 7.70. The molecule has 1 aliphatic heterocycles. The van der Waals surface area contributed by atoms with E-state index in [-0.39, 0.29) is 0 Å². The number of nitrogens with zero attached hydrogens (tertiary/aromatic N) is 3. The van der Waals surface area contributed by atoms with Crippen LogP contribution in [0.15, 0.2) is 36.5 Å². The van der Waals surface area contributed by atoms with Crippen LogP contribution < -0.4 is 0 Å². The van der Waals surface area contributed by atoms with Gasteiger partial charge in [-0.05, 0) is 31.0 Å². The normalized spacial score (nSPS) is 16.2. The van der Waals surface area contributed by atoms with Crippen molar-refractivity contribution in [1.29, 1.82) is 0 Å². The monoisotopic (exact) mass is 285 g/mol. The number of hydrogen-bond acceptors (Lipinski definition) is 3. The van der Waals surface area contributed by atoms with Crippen molar-refractivity contribution in [3.63, 3.8) is 0 Å². The van der Waals surface area contributed by atoms with Gasteiger partial charge in [0.2, 0.25) is 0 Å². The summed E-state index contributed by atoms with van der Waals surface area (Å²) in [5, 5.41) is 4.43.